The van der Waals surface area contributed by atoms with Crippen LogP contribution in [0.5, 0.6) is 0 Å². The van der Waals surface area contributed by atoms with E-state index in [4.69, 9.17) is 5.11 Å². The number of carboxylic acid groups (broad SMARTS) is 1. The fourth-order valence-corrected chi connectivity index (χ4v) is 2.12. The SMILES string of the molecule is CCSCc1ccc(NC(=O)N(C)CCC(=O)O)cc1. The number of anilines is 1. The largest absolute Gasteiger partial charge is 0.481 e. The molecule has 0 unspecified atom stereocenters. The molecule has 2 N–H and O–H groups in total. The minimum absolute atomic E-state index is 0.0584. The van der Waals surface area contributed by atoms with Gasteiger partial charge in [0.2, 0.25) is 0 Å². The van der Waals surface area contributed by atoms with Crippen LogP contribution in [0.2, 0.25) is 0 Å². The first-order chi connectivity index (χ1) is 9.52. The summed E-state index contributed by atoms with van der Waals surface area (Å²) in [5.41, 5.74) is 1.93. The van der Waals surface area contributed by atoms with Crippen LogP contribution in [0.1, 0.15) is 18.9 Å². The van der Waals surface area contributed by atoms with Gasteiger partial charge in [-0.1, -0.05) is 19.1 Å². The van der Waals surface area contributed by atoms with Gasteiger partial charge in [0.15, 0.2) is 0 Å². The Hall–Kier alpha value is -1.69. The van der Waals surface area contributed by atoms with Crippen molar-refractivity contribution in [3.8, 4) is 0 Å². The molecule has 6 heteroatoms. The molecule has 0 atom stereocenters. The smallest absolute Gasteiger partial charge is 0.321 e. The standard InChI is InChI=1S/C14H20N2O3S/c1-3-20-10-11-4-6-12(7-5-11)15-14(19)16(2)9-8-13(17)18/h4-7H,3,8-10H2,1-2H3,(H,15,19)(H,17,18). The summed E-state index contributed by atoms with van der Waals surface area (Å²) >= 11 is 1.84. The van der Waals surface area contributed by atoms with Crippen molar-refractivity contribution in [1.82, 2.24) is 4.90 Å². The van der Waals surface area contributed by atoms with Crippen LogP contribution in [0.4, 0.5) is 10.5 Å². The van der Waals surface area contributed by atoms with Gasteiger partial charge >= 0.3 is 12.0 Å². The average Bonchev–Trinajstić information content (AvgIpc) is 2.43. The summed E-state index contributed by atoms with van der Waals surface area (Å²) in [7, 11) is 1.57. The van der Waals surface area contributed by atoms with Gasteiger partial charge in [0.05, 0.1) is 6.42 Å². The Morgan fingerprint density at radius 1 is 1.30 bits per heavy atom. The van der Waals surface area contributed by atoms with E-state index < -0.39 is 5.97 Å². The minimum Gasteiger partial charge on any atom is -0.481 e. The molecule has 0 saturated carbocycles. The molecule has 5 nitrogen and oxygen atoms in total. The highest BCUT2D eigenvalue weighted by Gasteiger charge is 2.10. The molecule has 0 radical (unpaired) electrons. The number of carbonyl (C=O) groups is 2. The van der Waals surface area contributed by atoms with Crippen LogP contribution >= 0.6 is 11.8 Å². The van der Waals surface area contributed by atoms with E-state index in [1.165, 1.54) is 10.5 Å². The Kier molecular flexibility index (Phi) is 6.93. The Morgan fingerprint density at radius 2 is 1.95 bits per heavy atom. The van der Waals surface area contributed by atoms with Crippen LogP contribution in [0.15, 0.2) is 24.3 Å². The maximum atomic E-state index is 11.8. The summed E-state index contributed by atoms with van der Waals surface area (Å²) in [4.78, 5) is 23.6. The lowest BCUT2D eigenvalue weighted by Gasteiger charge is -2.17. The zero-order valence-corrected chi connectivity index (χ0v) is 12.6. The summed E-state index contributed by atoms with van der Waals surface area (Å²) in [6.07, 6.45) is -0.0584. The van der Waals surface area contributed by atoms with E-state index in [2.05, 4.69) is 12.2 Å². The number of carboxylic acids is 1. The third-order valence-electron chi connectivity index (χ3n) is 2.69. The zero-order valence-electron chi connectivity index (χ0n) is 11.8. The molecule has 0 aliphatic rings. The van der Waals surface area contributed by atoms with Gasteiger partial charge < -0.3 is 15.3 Å². The predicted molar refractivity (Wildman–Crippen MR) is 82.2 cm³/mol. The third-order valence-corrected chi connectivity index (χ3v) is 3.63. The van der Waals surface area contributed by atoms with Crippen LogP contribution in [0.3, 0.4) is 0 Å². The molecule has 1 rings (SSSR count). The maximum absolute atomic E-state index is 11.8. The first-order valence-electron chi connectivity index (χ1n) is 6.43. The number of thioether (sulfide) groups is 1. The molecule has 0 fully saturated rings. The number of carbonyl (C=O) groups excluding carboxylic acids is 1. The minimum atomic E-state index is -0.914. The Balaban J connectivity index is 2.46. The predicted octanol–water partition coefficient (Wildman–Crippen LogP) is 2.88. The highest BCUT2D eigenvalue weighted by molar-refractivity contribution is 7.98. The maximum Gasteiger partial charge on any atom is 0.321 e. The molecule has 1 aromatic rings. The van der Waals surface area contributed by atoms with E-state index in [1.54, 1.807) is 7.05 Å². The van der Waals surface area contributed by atoms with Gasteiger partial charge in [-0.15, -0.1) is 0 Å². The molecule has 0 bridgehead atoms. The Labute approximate surface area is 123 Å². The first-order valence-corrected chi connectivity index (χ1v) is 7.59. The first kappa shape index (κ1) is 16.4. The van der Waals surface area contributed by atoms with Crippen LogP contribution in [0, 0.1) is 0 Å². The molecule has 0 aromatic heterocycles. The number of hydrogen-bond acceptors (Lipinski definition) is 3. The normalized spacial score (nSPS) is 10.1. The summed E-state index contributed by atoms with van der Waals surface area (Å²) in [5.74, 6) is 1.12. The van der Waals surface area contributed by atoms with Gasteiger partial charge in [0, 0.05) is 25.0 Å². The molecule has 0 aliphatic heterocycles. The number of amides is 2. The van der Waals surface area contributed by atoms with Crippen LogP contribution in [-0.2, 0) is 10.5 Å². The zero-order chi connectivity index (χ0) is 15.0. The molecule has 0 aliphatic carbocycles. The van der Waals surface area contributed by atoms with E-state index >= 15 is 0 Å². The fraction of sp³-hybridized carbons (Fsp3) is 0.429. The van der Waals surface area contributed by atoms with Gasteiger partial charge in [0.1, 0.15) is 0 Å². The second-order valence-electron chi connectivity index (χ2n) is 4.33. The van der Waals surface area contributed by atoms with Crippen molar-refractivity contribution in [3.05, 3.63) is 29.8 Å². The number of hydrogen-bond donors (Lipinski definition) is 2. The van der Waals surface area contributed by atoms with Crippen molar-refractivity contribution in [2.75, 3.05) is 24.7 Å². The molecule has 0 spiro atoms. The van der Waals surface area contributed by atoms with Gasteiger partial charge in [-0.2, -0.15) is 11.8 Å². The Bertz CT molecular complexity index is 448. The molecular formula is C14H20N2O3S. The lowest BCUT2D eigenvalue weighted by molar-refractivity contribution is -0.137. The van der Waals surface area contributed by atoms with Crippen molar-refractivity contribution < 1.29 is 14.7 Å². The summed E-state index contributed by atoms with van der Waals surface area (Å²) < 4.78 is 0. The molecule has 110 valence electrons. The summed E-state index contributed by atoms with van der Waals surface area (Å²) in [6.45, 7) is 2.30. The molecule has 20 heavy (non-hydrogen) atoms. The Morgan fingerprint density at radius 3 is 2.50 bits per heavy atom. The lowest BCUT2D eigenvalue weighted by atomic mass is 10.2. The number of urea groups is 1. The van der Waals surface area contributed by atoms with Crippen molar-refractivity contribution in [2.24, 2.45) is 0 Å². The number of nitrogens with one attached hydrogen (secondary N) is 1. The molecule has 0 heterocycles. The highest BCUT2D eigenvalue weighted by atomic mass is 32.2. The van der Waals surface area contributed by atoms with Crippen LogP contribution < -0.4 is 5.32 Å². The van der Waals surface area contributed by atoms with Crippen LogP contribution in [0.25, 0.3) is 0 Å². The second kappa shape index (κ2) is 8.47. The number of nitrogens with zero attached hydrogens (tertiary/aromatic N) is 1. The van der Waals surface area contributed by atoms with Crippen LogP contribution in [-0.4, -0.2) is 41.4 Å². The topological polar surface area (TPSA) is 69.6 Å². The van der Waals surface area contributed by atoms with Gasteiger partial charge in [-0.05, 0) is 23.4 Å². The quantitative estimate of drug-likeness (QED) is 0.811. The van der Waals surface area contributed by atoms with Crippen molar-refractivity contribution in [1.29, 1.82) is 0 Å². The van der Waals surface area contributed by atoms with E-state index in [0.29, 0.717) is 5.69 Å². The second-order valence-corrected chi connectivity index (χ2v) is 5.60. The van der Waals surface area contributed by atoms with Crippen molar-refractivity contribution in [2.45, 2.75) is 19.1 Å². The van der Waals surface area contributed by atoms with Crippen molar-refractivity contribution in [3.63, 3.8) is 0 Å². The molecular weight excluding hydrogens is 276 g/mol. The van der Waals surface area contributed by atoms with Gasteiger partial charge in [-0.25, -0.2) is 4.79 Å². The lowest BCUT2D eigenvalue weighted by Crippen LogP contribution is -2.33. The number of benzene rings is 1. The third kappa shape index (κ3) is 5.97. The number of rotatable bonds is 7. The van der Waals surface area contributed by atoms with Gasteiger partial charge in [0.25, 0.3) is 0 Å². The van der Waals surface area contributed by atoms with E-state index in [0.717, 1.165) is 11.5 Å². The number of aliphatic carboxylic acids is 1. The molecule has 0 saturated heterocycles. The summed E-state index contributed by atoms with van der Waals surface area (Å²) in [5, 5.41) is 11.3. The molecule has 1 aromatic carbocycles. The fourth-order valence-electron chi connectivity index (χ4n) is 1.49. The van der Waals surface area contributed by atoms with E-state index in [1.807, 2.05) is 36.0 Å². The average molecular weight is 296 g/mol. The van der Waals surface area contributed by atoms with E-state index in [-0.39, 0.29) is 19.0 Å². The summed E-state index contributed by atoms with van der Waals surface area (Å²) in [6, 6.07) is 7.37. The van der Waals surface area contributed by atoms with Gasteiger partial charge in [-0.3, -0.25) is 4.79 Å². The van der Waals surface area contributed by atoms with Crippen molar-refractivity contribution >= 4 is 29.4 Å². The monoisotopic (exact) mass is 296 g/mol. The molecule has 2 amide bonds. The van der Waals surface area contributed by atoms with E-state index in [9.17, 15) is 9.59 Å². The highest BCUT2D eigenvalue weighted by Crippen LogP contribution is 2.15.